The molecule has 0 unspecified atom stereocenters. The molecule has 0 saturated heterocycles. The second-order valence-corrected chi connectivity index (χ2v) is 3.61. The zero-order chi connectivity index (χ0) is 10.3. The van der Waals surface area contributed by atoms with Gasteiger partial charge in [0, 0.05) is 9.86 Å². The largest absolute Gasteiger partial charge is 0.451 e. The van der Waals surface area contributed by atoms with Crippen LogP contribution in [0.4, 0.5) is 13.2 Å². The van der Waals surface area contributed by atoms with E-state index in [1.165, 1.54) is 6.07 Å². The molecule has 5 heteroatoms. The van der Waals surface area contributed by atoms with Crippen molar-refractivity contribution in [3.63, 3.8) is 0 Å². The minimum absolute atomic E-state index is 0.228. The smallest absolute Gasteiger partial charge is 0.449 e. The van der Waals surface area contributed by atoms with Crippen molar-refractivity contribution in [2.24, 2.45) is 0 Å². The Morgan fingerprint density at radius 3 is 2.50 bits per heavy atom. The van der Waals surface area contributed by atoms with Crippen LogP contribution in [0.3, 0.4) is 0 Å². The van der Waals surface area contributed by atoms with Gasteiger partial charge in [-0.3, -0.25) is 0 Å². The minimum atomic E-state index is -4.43. The van der Waals surface area contributed by atoms with Crippen LogP contribution in [0.5, 0.6) is 0 Å². The van der Waals surface area contributed by atoms with E-state index in [2.05, 4.69) is 20.3 Å². The van der Waals surface area contributed by atoms with E-state index in [0.29, 0.717) is 9.86 Å². The summed E-state index contributed by atoms with van der Waals surface area (Å²) in [6.07, 6.45) is -4.43. The van der Waals surface area contributed by atoms with Crippen LogP contribution < -0.4 is 0 Å². The van der Waals surface area contributed by atoms with Gasteiger partial charge < -0.3 is 4.42 Å². The second-order valence-electron chi connectivity index (χ2n) is 2.76. The van der Waals surface area contributed by atoms with Gasteiger partial charge in [-0.2, -0.15) is 13.2 Å². The van der Waals surface area contributed by atoms with E-state index in [0.717, 1.165) is 6.07 Å². The predicted octanol–water partition coefficient (Wildman–Crippen LogP) is 4.21. The van der Waals surface area contributed by atoms with Crippen molar-refractivity contribution >= 4 is 26.9 Å². The van der Waals surface area contributed by atoms with Crippen LogP contribution in [0, 0.1) is 0 Å². The Bertz CT molecular complexity index is 472. The zero-order valence-electron chi connectivity index (χ0n) is 6.73. The van der Waals surface area contributed by atoms with Gasteiger partial charge in [0.05, 0.1) is 0 Å². The molecule has 0 aliphatic rings. The van der Waals surface area contributed by atoms with Gasteiger partial charge >= 0.3 is 6.18 Å². The van der Waals surface area contributed by atoms with Crippen molar-refractivity contribution in [1.29, 1.82) is 0 Å². The number of halogens is 4. The first-order valence-corrected chi connectivity index (χ1v) is 4.53. The van der Waals surface area contributed by atoms with Crippen molar-refractivity contribution in [3.05, 3.63) is 34.5 Å². The molecule has 14 heavy (non-hydrogen) atoms. The molecule has 2 rings (SSSR count). The first-order valence-electron chi connectivity index (χ1n) is 3.74. The van der Waals surface area contributed by atoms with E-state index < -0.39 is 11.9 Å². The maximum atomic E-state index is 12.2. The Kier molecular flexibility index (Phi) is 2.06. The molecule has 0 spiro atoms. The van der Waals surface area contributed by atoms with Gasteiger partial charge in [0.2, 0.25) is 5.76 Å². The van der Waals surface area contributed by atoms with Gasteiger partial charge in [-0.25, -0.2) is 0 Å². The number of hydrogen-bond acceptors (Lipinski definition) is 1. The fourth-order valence-corrected chi connectivity index (χ4v) is 1.63. The third-order valence-corrected chi connectivity index (χ3v) is 2.48. The molecule has 0 bridgehead atoms. The van der Waals surface area contributed by atoms with E-state index >= 15 is 0 Å². The summed E-state index contributed by atoms with van der Waals surface area (Å²) in [5.74, 6) is -0.973. The Hall–Kier alpha value is -0.970. The lowest BCUT2D eigenvalue weighted by Gasteiger charge is -1.98. The standard InChI is InChI=1S/C9H4BrF3O/c10-6-2-1-3-7-5(6)4-8(14-7)9(11,12)13/h1-4H. The van der Waals surface area contributed by atoms with Crippen LogP contribution in [-0.4, -0.2) is 0 Å². The van der Waals surface area contributed by atoms with Crippen LogP contribution in [0.15, 0.2) is 33.2 Å². The van der Waals surface area contributed by atoms with Crippen molar-refractivity contribution in [1.82, 2.24) is 0 Å². The van der Waals surface area contributed by atoms with Crippen LogP contribution in [0.1, 0.15) is 5.76 Å². The van der Waals surface area contributed by atoms with Gasteiger partial charge in [0.15, 0.2) is 0 Å². The summed E-state index contributed by atoms with van der Waals surface area (Å²) in [4.78, 5) is 0. The quantitative estimate of drug-likeness (QED) is 0.695. The molecule has 0 radical (unpaired) electrons. The fraction of sp³-hybridized carbons (Fsp3) is 0.111. The molecule has 0 fully saturated rings. The molecule has 1 heterocycles. The summed E-state index contributed by atoms with van der Waals surface area (Å²) >= 11 is 3.15. The van der Waals surface area contributed by atoms with E-state index in [1.54, 1.807) is 12.1 Å². The van der Waals surface area contributed by atoms with E-state index in [-0.39, 0.29) is 5.58 Å². The summed E-state index contributed by atoms with van der Waals surface area (Å²) in [5.41, 5.74) is 0.228. The number of hydrogen-bond donors (Lipinski definition) is 0. The summed E-state index contributed by atoms with van der Waals surface area (Å²) in [7, 11) is 0. The first-order chi connectivity index (χ1) is 6.48. The molecule has 2 aromatic rings. The fourth-order valence-electron chi connectivity index (χ4n) is 1.17. The molecule has 0 aliphatic heterocycles. The highest BCUT2D eigenvalue weighted by atomic mass is 79.9. The maximum Gasteiger partial charge on any atom is 0.449 e. The van der Waals surface area contributed by atoms with Crippen LogP contribution in [0.25, 0.3) is 11.0 Å². The summed E-state index contributed by atoms with van der Waals surface area (Å²) in [6, 6.07) is 5.77. The maximum absolute atomic E-state index is 12.2. The molecule has 1 nitrogen and oxygen atoms in total. The molecular weight excluding hydrogens is 261 g/mol. The SMILES string of the molecule is FC(F)(F)c1cc2c(Br)cccc2o1. The lowest BCUT2D eigenvalue weighted by atomic mass is 10.2. The molecular formula is C9H4BrF3O. The normalized spacial score (nSPS) is 12.3. The Morgan fingerprint density at radius 2 is 1.93 bits per heavy atom. The van der Waals surface area contributed by atoms with Gasteiger partial charge in [0.1, 0.15) is 5.58 Å². The molecule has 0 amide bonds. The van der Waals surface area contributed by atoms with Crippen molar-refractivity contribution in [3.8, 4) is 0 Å². The van der Waals surface area contributed by atoms with Crippen molar-refractivity contribution in [2.75, 3.05) is 0 Å². The van der Waals surface area contributed by atoms with Crippen LogP contribution >= 0.6 is 15.9 Å². The van der Waals surface area contributed by atoms with Gasteiger partial charge in [0.25, 0.3) is 0 Å². The topological polar surface area (TPSA) is 13.1 Å². The lowest BCUT2D eigenvalue weighted by Crippen LogP contribution is -2.01. The average Bonchev–Trinajstić information content (AvgIpc) is 2.48. The van der Waals surface area contributed by atoms with E-state index in [9.17, 15) is 13.2 Å². The molecule has 0 aliphatic carbocycles. The number of rotatable bonds is 0. The molecule has 0 N–H and O–H groups in total. The molecule has 1 aromatic carbocycles. The summed E-state index contributed by atoms with van der Waals surface area (Å²) in [6.45, 7) is 0. The van der Waals surface area contributed by atoms with E-state index in [4.69, 9.17) is 0 Å². The molecule has 74 valence electrons. The Labute approximate surface area is 85.6 Å². The van der Waals surface area contributed by atoms with E-state index in [1.807, 2.05) is 0 Å². The number of benzene rings is 1. The highest BCUT2D eigenvalue weighted by Crippen LogP contribution is 2.35. The predicted molar refractivity (Wildman–Crippen MR) is 48.9 cm³/mol. The minimum Gasteiger partial charge on any atom is -0.451 e. The summed E-state index contributed by atoms with van der Waals surface area (Å²) in [5, 5.41) is 0.430. The number of furan rings is 1. The highest BCUT2D eigenvalue weighted by molar-refractivity contribution is 9.10. The zero-order valence-corrected chi connectivity index (χ0v) is 8.32. The number of alkyl halides is 3. The number of fused-ring (bicyclic) bond motifs is 1. The monoisotopic (exact) mass is 264 g/mol. The van der Waals surface area contributed by atoms with Gasteiger partial charge in [-0.05, 0) is 18.2 Å². The molecule has 1 aromatic heterocycles. The summed E-state index contributed by atoms with van der Waals surface area (Å²) < 4.78 is 42.0. The van der Waals surface area contributed by atoms with Crippen molar-refractivity contribution < 1.29 is 17.6 Å². The molecule has 0 saturated carbocycles. The molecule has 0 atom stereocenters. The third kappa shape index (κ3) is 1.52. The van der Waals surface area contributed by atoms with Crippen molar-refractivity contribution in [2.45, 2.75) is 6.18 Å². The van der Waals surface area contributed by atoms with Gasteiger partial charge in [-0.1, -0.05) is 22.0 Å². The van der Waals surface area contributed by atoms with Crippen LogP contribution in [0.2, 0.25) is 0 Å². The Balaban J connectivity index is 2.69. The third-order valence-electron chi connectivity index (χ3n) is 1.79. The lowest BCUT2D eigenvalue weighted by molar-refractivity contribution is -0.152. The first kappa shape index (κ1) is 9.58. The highest BCUT2D eigenvalue weighted by Gasteiger charge is 2.35. The van der Waals surface area contributed by atoms with Crippen LogP contribution in [-0.2, 0) is 6.18 Å². The van der Waals surface area contributed by atoms with Gasteiger partial charge in [-0.15, -0.1) is 0 Å². The second kappa shape index (κ2) is 3.02. The average molecular weight is 265 g/mol. The Morgan fingerprint density at radius 1 is 1.21 bits per heavy atom.